The summed E-state index contributed by atoms with van der Waals surface area (Å²) in [5.74, 6) is 0.224. The lowest BCUT2D eigenvalue weighted by molar-refractivity contribution is -0.122. The number of nitrogens with zero attached hydrogens (tertiary/aromatic N) is 1. The number of ether oxygens (including phenoxy) is 1. The number of piperidine rings is 1. The first-order valence-corrected chi connectivity index (χ1v) is 5.81. The molecule has 0 spiro atoms. The molecular formula is C13H23NO3. The monoisotopic (exact) mass is 241 g/mol. The van der Waals surface area contributed by atoms with E-state index in [1.165, 1.54) is 0 Å². The van der Waals surface area contributed by atoms with E-state index in [0.29, 0.717) is 19.4 Å². The molecule has 1 unspecified atom stereocenters. The summed E-state index contributed by atoms with van der Waals surface area (Å²) in [5, 5.41) is 0. The van der Waals surface area contributed by atoms with Crippen LogP contribution in [0, 0.1) is 0 Å². The molecule has 1 fully saturated rings. The number of carbonyl (C=O) groups excluding carboxylic acids is 2. The van der Waals surface area contributed by atoms with Crippen LogP contribution >= 0.6 is 0 Å². The smallest absolute Gasteiger partial charge is 0.410 e. The Hall–Kier alpha value is -1.32. The van der Waals surface area contributed by atoms with Crippen molar-refractivity contribution in [2.24, 2.45) is 0 Å². The number of hydrogen-bond acceptors (Lipinski definition) is 3. The Balaban J connectivity index is 0.00000121. The van der Waals surface area contributed by atoms with E-state index in [0.717, 1.165) is 0 Å². The maximum atomic E-state index is 11.7. The van der Waals surface area contributed by atoms with Crippen LogP contribution in [0.5, 0.6) is 0 Å². The molecule has 0 aromatic heterocycles. The molecule has 0 radical (unpaired) electrons. The molecule has 0 saturated carbocycles. The van der Waals surface area contributed by atoms with Crippen molar-refractivity contribution in [1.82, 2.24) is 4.90 Å². The highest BCUT2D eigenvalue weighted by Gasteiger charge is 2.30. The zero-order chi connectivity index (χ0) is 13.6. The van der Waals surface area contributed by atoms with Gasteiger partial charge in [-0.15, -0.1) is 13.2 Å². The lowest BCUT2D eigenvalue weighted by Gasteiger charge is -2.34. The summed E-state index contributed by atoms with van der Waals surface area (Å²) >= 11 is 0. The van der Waals surface area contributed by atoms with E-state index in [2.05, 4.69) is 13.2 Å². The number of ketones is 1. The number of carbonyl (C=O) groups is 2. The summed E-state index contributed by atoms with van der Waals surface area (Å²) < 4.78 is 5.26. The molecule has 1 rings (SSSR count). The van der Waals surface area contributed by atoms with Crippen molar-refractivity contribution in [2.45, 2.75) is 52.2 Å². The van der Waals surface area contributed by atoms with Crippen molar-refractivity contribution in [3.63, 3.8) is 0 Å². The third kappa shape index (κ3) is 5.52. The quantitative estimate of drug-likeness (QED) is 0.613. The van der Waals surface area contributed by atoms with Crippen LogP contribution in [0.4, 0.5) is 4.79 Å². The van der Waals surface area contributed by atoms with Crippen LogP contribution in [0.2, 0.25) is 0 Å². The van der Waals surface area contributed by atoms with Gasteiger partial charge in [-0.25, -0.2) is 4.79 Å². The normalized spacial score (nSPS) is 20.4. The molecule has 1 amide bonds. The fraction of sp³-hybridized carbons (Fsp3) is 0.692. The summed E-state index contributed by atoms with van der Waals surface area (Å²) in [4.78, 5) is 24.5. The van der Waals surface area contributed by atoms with Gasteiger partial charge in [0.1, 0.15) is 11.4 Å². The van der Waals surface area contributed by atoms with Crippen molar-refractivity contribution >= 4 is 11.9 Å². The maximum Gasteiger partial charge on any atom is 0.410 e. The van der Waals surface area contributed by atoms with E-state index < -0.39 is 5.60 Å². The molecule has 98 valence electrons. The van der Waals surface area contributed by atoms with E-state index in [-0.39, 0.29) is 17.9 Å². The molecule has 1 heterocycles. The summed E-state index contributed by atoms with van der Waals surface area (Å²) in [6, 6.07) is -0.0406. The summed E-state index contributed by atoms with van der Waals surface area (Å²) in [6.45, 7) is 13.9. The van der Waals surface area contributed by atoms with Gasteiger partial charge in [0.2, 0.25) is 0 Å². The fourth-order valence-electron chi connectivity index (χ4n) is 1.60. The first-order valence-electron chi connectivity index (χ1n) is 5.81. The zero-order valence-corrected chi connectivity index (χ0v) is 11.3. The first-order chi connectivity index (χ1) is 7.79. The van der Waals surface area contributed by atoms with E-state index in [4.69, 9.17) is 4.74 Å². The van der Waals surface area contributed by atoms with Crippen LogP contribution in [0.1, 0.15) is 40.5 Å². The third-order valence-corrected chi connectivity index (χ3v) is 2.31. The van der Waals surface area contributed by atoms with Gasteiger partial charge in [0.25, 0.3) is 0 Å². The van der Waals surface area contributed by atoms with Crippen molar-refractivity contribution in [1.29, 1.82) is 0 Å². The Labute approximate surface area is 104 Å². The minimum atomic E-state index is -0.474. The lowest BCUT2D eigenvalue weighted by Crippen LogP contribution is -2.46. The standard InChI is InChI=1S/C11H19NO3.C2H4/c1-8-7-9(13)5-6-12(8)10(14)15-11(2,3)4;1-2/h8H,5-7H2,1-4H3;1-2H2. The zero-order valence-electron chi connectivity index (χ0n) is 11.3. The highest BCUT2D eigenvalue weighted by Crippen LogP contribution is 2.17. The summed E-state index contributed by atoms with van der Waals surface area (Å²) in [6.07, 6.45) is 0.575. The minimum Gasteiger partial charge on any atom is -0.444 e. The molecule has 1 aliphatic heterocycles. The summed E-state index contributed by atoms with van der Waals surface area (Å²) in [5.41, 5.74) is -0.474. The molecule has 0 aromatic carbocycles. The van der Waals surface area contributed by atoms with Crippen LogP contribution in [-0.2, 0) is 9.53 Å². The highest BCUT2D eigenvalue weighted by molar-refractivity contribution is 5.82. The van der Waals surface area contributed by atoms with Gasteiger partial charge in [-0.3, -0.25) is 4.79 Å². The first kappa shape index (κ1) is 15.7. The molecular weight excluding hydrogens is 218 g/mol. The predicted octanol–water partition coefficient (Wildman–Crippen LogP) is 2.78. The highest BCUT2D eigenvalue weighted by atomic mass is 16.6. The molecule has 1 saturated heterocycles. The van der Waals surface area contributed by atoms with Crippen LogP contribution < -0.4 is 0 Å². The van der Waals surface area contributed by atoms with Crippen molar-refractivity contribution < 1.29 is 14.3 Å². The van der Waals surface area contributed by atoms with E-state index >= 15 is 0 Å². The molecule has 0 aliphatic carbocycles. The van der Waals surface area contributed by atoms with Gasteiger partial charge in [0.15, 0.2) is 0 Å². The maximum absolute atomic E-state index is 11.7. The van der Waals surface area contributed by atoms with Crippen LogP contribution in [-0.4, -0.2) is 35.0 Å². The number of hydrogen-bond donors (Lipinski definition) is 0. The van der Waals surface area contributed by atoms with Gasteiger partial charge in [-0.05, 0) is 27.7 Å². The Morgan fingerprint density at radius 3 is 2.35 bits per heavy atom. The second-order valence-electron chi connectivity index (χ2n) is 5.02. The van der Waals surface area contributed by atoms with Crippen LogP contribution in [0.15, 0.2) is 13.2 Å². The number of rotatable bonds is 0. The SMILES string of the molecule is C=C.CC1CC(=O)CCN1C(=O)OC(C)(C)C. The van der Waals surface area contributed by atoms with Gasteiger partial charge < -0.3 is 9.64 Å². The predicted molar refractivity (Wildman–Crippen MR) is 67.9 cm³/mol. The topological polar surface area (TPSA) is 46.6 Å². The van der Waals surface area contributed by atoms with E-state index in [1.807, 2.05) is 27.7 Å². The Morgan fingerprint density at radius 1 is 1.41 bits per heavy atom. The van der Waals surface area contributed by atoms with E-state index in [9.17, 15) is 9.59 Å². The van der Waals surface area contributed by atoms with Gasteiger partial charge in [0, 0.05) is 25.4 Å². The van der Waals surface area contributed by atoms with Crippen molar-refractivity contribution in [3.8, 4) is 0 Å². The molecule has 0 aromatic rings. The van der Waals surface area contributed by atoms with Crippen LogP contribution in [0.25, 0.3) is 0 Å². The van der Waals surface area contributed by atoms with Gasteiger partial charge in [0.05, 0.1) is 0 Å². The molecule has 1 aliphatic rings. The fourth-order valence-corrected chi connectivity index (χ4v) is 1.60. The number of likely N-dealkylation sites (tertiary alicyclic amines) is 1. The molecule has 0 bridgehead atoms. The van der Waals surface area contributed by atoms with E-state index in [1.54, 1.807) is 4.90 Å². The number of amides is 1. The molecule has 17 heavy (non-hydrogen) atoms. The number of Topliss-reactive ketones (excluding diaryl/α,β-unsaturated/α-hetero) is 1. The second-order valence-corrected chi connectivity index (χ2v) is 5.02. The Morgan fingerprint density at radius 2 is 1.94 bits per heavy atom. The van der Waals surface area contributed by atoms with Crippen LogP contribution in [0.3, 0.4) is 0 Å². The minimum absolute atomic E-state index is 0.0406. The van der Waals surface area contributed by atoms with Crippen molar-refractivity contribution in [3.05, 3.63) is 13.2 Å². The van der Waals surface area contributed by atoms with Crippen molar-refractivity contribution in [2.75, 3.05) is 6.54 Å². The average molecular weight is 241 g/mol. The Bertz CT molecular complexity index is 281. The van der Waals surface area contributed by atoms with Gasteiger partial charge >= 0.3 is 6.09 Å². The van der Waals surface area contributed by atoms with Gasteiger partial charge in [-0.1, -0.05) is 0 Å². The van der Waals surface area contributed by atoms with Gasteiger partial charge in [-0.2, -0.15) is 0 Å². The molecule has 4 nitrogen and oxygen atoms in total. The lowest BCUT2D eigenvalue weighted by atomic mass is 10.0. The largest absolute Gasteiger partial charge is 0.444 e. The second kappa shape index (κ2) is 6.42. The molecule has 4 heteroatoms. The molecule has 1 atom stereocenters. The average Bonchev–Trinajstić information content (AvgIpc) is 2.17. The third-order valence-electron chi connectivity index (χ3n) is 2.31. The Kier molecular flexibility index (Phi) is 5.93. The molecule has 0 N–H and O–H groups in total. The summed E-state index contributed by atoms with van der Waals surface area (Å²) in [7, 11) is 0.